The molecular weight excluding hydrogens is 352 g/mol. The number of ether oxygens (including phenoxy) is 2. The van der Waals surface area contributed by atoms with Gasteiger partial charge in [0.25, 0.3) is 0 Å². The lowest BCUT2D eigenvalue weighted by Crippen LogP contribution is -2.38. The predicted molar refractivity (Wildman–Crippen MR) is 100 cm³/mol. The summed E-state index contributed by atoms with van der Waals surface area (Å²) >= 11 is 5.98. The fraction of sp³-hybridized carbons (Fsp3) is 0.474. The molecule has 0 spiro atoms. The molecule has 1 aromatic carbocycles. The molecule has 2 fully saturated rings. The fourth-order valence-electron chi connectivity index (χ4n) is 3.34. The van der Waals surface area contributed by atoms with Crippen LogP contribution in [-0.2, 0) is 16.0 Å². The highest BCUT2D eigenvalue weighted by molar-refractivity contribution is 6.30. The van der Waals surface area contributed by atoms with E-state index in [1.165, 1.54) is 0 Å². The van der Waals surface area contributed by atoms with Gasteiger partial charge in [-0.3, -0.25) is 4.90 Å². The maximum atomic E-state index is 5.98. The first-order chi connectivity index (χ1) is 12.8. The quantitative estimate of drug-likeness (QED) is 0.819. The van der Waals surface area contributed by atoms with Gasteiger partial charge >= 0.3 is 0 Å². The third kappa shape index (κ3) is 4.32. The van der Waals surface area contributed by atoms with E-state index in [4.69, 9.17) is 21.1 Å². The molecular formula is C19H23ClN4O2. The monoisotopic (exact) mass is 374 g/mol. The Balaban J connectivity index is 1.36. The number of morpholine rings is 2. The molecule has 26 heavy (non-hydrogen) atoms. The molecule has 2 aliphatic heterocycles. The van der Waals surface area contributed by atoms with E-state index in [1.54, 1.807) is 0 Å². The highest BCUT2D eigenvalue weighted by Gasteiger charge is 2.22. The average Bonchev–Trinajstić information content (AvgIpc) is 2.70. The molecule has 0 aliphatic carbocycles. The number of rotatable bonds is 4. The van der Waals surface area contributed by atoms with E-state index >= 15 is 0 Å². The van der Waals surface area contributed by atoms with Crippen molar-refractivity contribution in [3.8, 4) is 0 Å². The van der Waals surface area contributed by atoms with Crippen LogP contribution in [0.15, 0.2) is 36.7 Å². The van der Waals surface area contributed by atoms with Gasteiger partial charge in [0.15, 0.2) is 0 Å². The third-order valence-corrected chi connectivity index (χ3v) is 5.04. The van der Waals surface area contributed by atoms with E-state index in [1.807, 2.05) is 36.7 Å². The number of hydrogen-bond donors (Lipinski definition) is 0. The SMILES string of the molecule is Clc1ccc([C@@H]2CN(Cc3cnc(N4CCOCC4)nc3)CCO2)cc1. The molecule has 138 valence electrons. The van der Waals surface area contributed by atoms with Crippen molar-refractivity contribution >= 4 is 17.5 Å². The van der Waals surface area contributed by atoms with Crippen LogP contribution >= 0.6 is 11.6 Å². The van der Waals surface area contributed by atoms with Crippen LogP contribution in [0.25, 0.3) is 0 Å². The number of benzene rings is 1. The van der Waals surface area contributed by atoms with Gasteiger partial charge in [-0.1, -0.05) is 23.7 Å². The Morgan fingerprint density at radius 2 is 1.73 bits per heavy atom. The molecule has 0 bridgehead atoms. The number of aromatic nitrogens is 2. The normalized spacial score (nSPS) is 21.7. The summed E-state index contributed by atoms with van der Waals surface area (Å²) in [4.78, 5) is 13.6. The van der Waals surface area contributed by atoms with E-state index < -0.39 is 0 Å². The van der Waals surface area contributed by atoms with Crippen LogP contribution in [0.4, 0.5) is 5.95 Å². The summed E-state index contributed by atoms with van der Waals surface area (Å²) in [7, 11) is 0. The van der Waals surface area contributed by atoms with Crippen molar-refractivity contribution in [3.05, 3.63) is 52.8 Å². The van der Waals surface area contributed by atoms with Crippen molar-refractivity contribution in [3.63, 3.8) is 0 Å². The van der Waals surface area contributed by atoms with E-state index in [0.29, 0.717) is 0 Å². The molecule has 2 aliphatic rings. The molecule has 0 N–H and O–H groups in total. The maximum absolute atomic E-state index is 5.98. The zero-order valence-electron chi connectivity index (χ0n) is 14.7. The number of nitrogens with zero attached hydrogens (tertiary/aromatic N) is 4. The van der Waals surface area contributed by atoms with Crippen LogP contribution in [0.1, 0.15) is 17.2 Å². The van der Waals surface area contributed by atoms with Gasteiger partial charge in [0.2, 0.25) is 5.95 Å². The van der Waals surface area contributed by atoms with Gasteiger partial charge in [0.05, 0.1) is 25.9 Å². The van der Waals surface area contributed by atoms with Gasteiger partial charge in [0.1, 0.15) is 0 Å². The average molecular weight is 375 g/mol. The van der Waals surface area contributed by atoms with Crippen LogP contribution in [0.2, 0.25) is 5.02 Å². The zero-order chi connectivity index (χ0) is 17.8. The standard InChI is InChI=1S/C19H23ClN4O2/c20-17-3-1-16(2-4-17)18-14-23(5-10-26-18)13-15-11-21-19(22-12-15)24-6-8-25-9-7-24/h1-4,11-12,18H,5-10,13-14H2/t18-/m0/s1. The molecule has 2 aromatic rings. The molecule has 1 aromatic heterocycles. The lowest BCUT2D eigenvalue weighted by Gasteiger charge is -2.33. The lowest BCUT2D eigenvalue weighted by molar-refractivity contribution is -0.0329. The van der Waals surface area contributed by atoms with E-state index in [0.717, 1.165) is 74.6 Å². The van der Waals surface area contributed by atoms with Gasteiger partial charge in [-0.15, -0.1) is 0 Å². The first kappa shape index (κ1) is 17.7. The van der Waals surface area contributed by atoms with Crippen LogP contribution in [0.3, 0.4) is 0 Å². The topological polar surface area (TPSA) is 50.7 Å². The third-order valence-electron chi connectivity index (χ3n) is 4.78. The Kier molecular flexibility index (Phi) is 5.65. The molecule has 1 atom stereocenters. The molecule has 0 saturated carbocycles. The Morgan fingerprint density at radius 3 is 2.46 bits per heavy atom. The van der Waals surface area contributed by atoms with Crippen molar-refractivity contribution < 1.29 is 9.47 Å². The van der Waals surface area contributed by atoms with Crippen molar-refractivity contribution in [2.45, 2.75) is 12.6 Å². The predicted octanol–water partition coefficient (Wildman–Crippen LogP) is 2.54. The number of hydrogen-bond acceptors (Lipinski definition) is 6. The largest absolute Gasteiger partial charge is 0.378 e. The van der Waals surface area contributed by atoms with E-state index in [9.17, 15) is 0 Å². The Hall–Kier alpha value is -1.73. The first-order valence-electron chi connectivity index (χ1n) is 9.01. The van der Waals surface area contributed by atoms with Crippen LogP contribution in [0.5, 0.6) is 0 Å². The smallest absolute Gasteiger partial charge is 0.225 e. The van der Waals surface area contributed by atoms with Crippen LogP contribution in [0, 0.1) is 0 Å². The molecule has 0 radical (unpaired) electrons. The minimum Gasteiger partial charge on any atom is -0.378 e. The summed E-state index contributed by atoms with van der Waals surface area (Å²) in [6, 6.07) is 7.91. The van der Waals surface area contributed by atoms with E-state index in [-0.39, 0.29) is 6.10 Å². The number of halogens is 1. The Morgan fingerprint density at radius 1 is 1.00 bits per heavy atom. The summed E-state index contributed by atoms with van der Waals surface area (Å²) in [5.74, 6) is 0.790. The van der Waals surface area contributed by atoms with Gasteiger partial charge in [-0.2, -0.15) is 0 Å². The second kappa shape index (κ2) is 8.31. The molecule has 3 heterocycles. The Labute approximate surface area is 158 Å². The minimum atomic E-state index is 0.0783. The minimum absolute atomic E-state index is 0.0783. The lowest BCUT2D eigenvalue weighted by atomic mass is 10.1. The summed E-state index contributed by atoms with van der Waals surface area (Å²) < 4.78 is 11.3. The molecule has 4 rings (SSSR count). The summed E-state index contributed by atoms with van der Waals surface area (Å²) in [5.41, 5.74) is 2.29. The molecule has 0 unspecified atom stereocenters. The van der Waals surface area contributed by atoms with Crippen molar-refractivity contribution in [2.24, 2.45) is 0 Å². The molecule has 0 amide bonds. The molecule has 6 nitrogen and oxygen atoms in total. The number of anilines is 1. The summed E-state index contributed by atoms with van der Waals surface area (Å²) in [6.07, 6.45) is 3.95. The maximum Gasteiger partial charge on any atom is 0.225 e. The fourth-order valence-corrected chi connectivity index (χ4v) is 3.47. The van der Waals surface area contributed by atoms with Crippen molar-refractivity contribution in [1.82, 2.24) is 14.9 Å². The van der Waals surface area contributed by atoms with Crippen LogP contribution < -0.4 is 4.90 Å². The van der Waals surface area contributed by atoms with Gasteiger partial charge in [-0.25, -0.2) is 9.97 Å². The van der Waals surface area contributed by atoms with Crippen molar-refractivity contribution in [1.29, 1.82) is 0 Å². The van der Waals surface area contributed by atoms with Crippen LogP contribution in [-0.4, -0.2) is 60.9 Å². The van der Waals surface area contributed by atoms with Gasteiger partial charge < -0.3 is 14.4 Å². The Bertz CT molecular complexity index is 704. The molecule has 2 saturated heterocycles. The summed E-state index contributed by atoms with van der Waals surface area (Å²) in [6.45, 7) is 6.51. The second-order valence-corrected chi connectivity index (χ2v) is 7.07. The van der Waals surface area contributed by atoms with E-state index in [2.05, 4.69) is 19.8 Å². The highest BCUT2D eigenvalue weighted by Crippen LogP contribution is 2.24. The molecule has 7 heteroatoms. The van der Waals surface area contributed by atoms with Gasteiger partial charge in [0, 0.05) is 55.7 Å². The zero-order valence-corrected chi connectivity index (χ0v) is 15.4. The van der Waals surface area contributed by atoms with Crippen molar-refractivity contribution in [2.75, 3.05) is 50.9 Å². The first-order valence-corrected chi connectivity index (χ1v) is 9.39. The second-order valence-electron chi connectivity index (χ2n) is 6.64. The van der Waals surface area contributed by atoms with Gasteiger partial charge in [-0.05, 0) is 17.7 Å². The highest BCUT2D eigenvalue weighted by atomic mass is 35.5. The summed E-state index contributed by atoms with van der Waals surface area (Å²) in [5, 5.41) is 0.749.